The number of methoxy groups -OCH3 is 1. The van der Waals surface area contributed by atoms with Crippen LogP contribution in [0.5, 0.6) is 0 Å². The minimum atomic E-state index is -0.101. The van der Waals surface area contributed by atoms with E-state index in [9.17, 15) is 4.79 Å². The molecule has 0 radical (unpaired) electrons. The molecule has 2 heterocycles. The lowest BCUT2D eigenvalue weighted by atomic mass is 9.83. The summed E-state index contributed by atoms with van der Waals surface area (Å²) in [7, 11) is 1.72. The Bertz CT molecular complexity index is 762. The first kappa shape index (κ1) is 17.3. The van der Waals surface area contributed by atoms with Crippen LogP contribution in [0.25, 0.3) is 0 Å². The van der Waals surface area contributed by atoms with E-state index in [1.165, 1.54) is 16.7 Å². The van der Waals surface area contributed by atoms with Crippen molar-refractivity contribution in [2.75, 3.05) is 26.7 Å². The Morgan fingerprint density at radius 2 is 1.88 bits per heavy atom. The molecule has 4 nitrogen and oxygen atoms in total. The molecule has 0 saturated carbocycles. The highest BCUT2D eigenvalue weighted by Gasteiger charge is 2.37. The summed E-state index contributed by atoms with van der Waals surface area (Å²) in [5.74, 6) is 0.331. The van der Waals surface area contributed by atoms with Gasteiger partial charge < -0.3 is 15.0 Å². The largest absolute Gasteiger partial charge is 0.381 e. The fourth-order valence-corrected chi connectivity index (χ4v) is 4.34. The number of nitrogens with one attached hydrogen (secondary N) is 1. The van der Waals surface area contributed by atoms with E-state index in [4.69, 9.17) is 4.74 Å². The average Bonchev–Trinajstić information content (AvgIpc) is 2.73. The van der Waals surface area contributed by atoms with Crippen LogP contribution in [-0.2, 0) is 16.1 Å². The molecule has 2 aliphatic heterocycles. The van der Waals surface area contributed by atoms with E-state index in [1.807, 2.05) is 11.0 Å². The molecule has 2 aromatic rings. The molecule has 1 amide bonds. The Balaban J connectivity index is 1.63. The minimum absolute atomic E-state index is 0.0103. The van der Waals surface area contributed by atoms with E-state index < -0.39 is 0 Å². The third-order valence-corrected chi connectivity index (χ3v) is 5.75. The fourth-order valence-electron chi connectivity index (χ4n) is 4.34. The van der Waals surface area contributed by atoms with Crippen molar-refractivity contribution >= 4 is 5.91 Å². The van der Waals surface area contributed by atoms with Crippen LogP contribution in [-0.4, -0.2) is 43.7 Å². The van der Waals surface area contributed by atoms with Gasteiger partial charge in [-0.25, -0.2) is 0 Å². The summed E-state index contributed by atoms with van der Waals surface area (Å²) < 4.78 is 5.61. The standard InChI is InChI=1S/C22H26N2O2/c1-26-21-11-12-23-13-19(21)22(25)24-14-17-9-5-6-10-18(17)20(15-24)16-7-3-2-4-8-16/h2-10,19-21,23H,11-15H2,1H3. The number of amides is 1. The number of carbonyl (C=O) groups is 1. The van der Waals surface area contributed by atoms with Crippen molar-refractivity contribution in [3.05, 3.63) is 71.3 Å². The lowest BCUT2D eigenvalue weighted by Crippen LogP contribution is -2.51. The van der Waals surface area contributed by atoms with Gasteiger partial charge in [0.1, 0.15) is 0 Å². The molecule has 1 fully saturated rings. The van der Waals surface area contributed by atoms with Gasteiger partial charge in [-0.1, -0.05) is 54.6 Å². The van der Waals surface area contributed by atoms with Gasteiger partial charge in [0.05, 0.1) is 12.0 Å². The molecule has 2 aliphatic rings. The maximum atomic E-state index is 13.3. The molecule has 0 aliphatic carbocycles. The number of hydrogen-bond acceptors (Lipinski definition) is 3. The third kappa shape index (κ3) is 3.27. The Hall–Kier alpha value is -2.17. The van der Waals surface area contributed by atoms with Gasteiger partial charge in [-0.15, -0.1) is 0 Å². The number of piperidine rings is 1. The Morgan fingerprint density at radius 1 is 1.12 bits per heavy atom. The number of nitrogens with zero attached hydrogens (tertiary/aromatic N) is 1. The van der Waals surface area contributed by atoms with Gasteiger partial charge in [0.15, 0.2) is 0 Å². The van der Waals surface area contributed by atoms with Gasteiger partial charge in [0.25, 0.3) is 0 Å². The molecule has 2 aromatic carbocycles. The van der Waals surface area contributed by atoms with Gasteiger partial charge in [-0.2, -0.15) is 0 Å². The topological polar surface area (TPSA) is 41.6 Å². The van der Waals surface area contributed by atoms with Gasteiger partial charge in [-0.05, 0) is 29.7 Å². The molecule has 1 N–H and O–H groups in total. The zero-order valence-corrected chi connectivity index (χ0v) is 15.2. The van der Waals surface area contributed by atoms with Gasteiger partial charge in [0, 0.05) is 32.7 Å². The number of rotatable bonds is 3. The minimum Gasteiger partial charge on any atom is -0.381 e. The number of carbonyl (C=O) groups excluding carboxylic acids is 1. The van der Waals surface area contributed by atoms with Gasteiger partial charge in [-0.3, -0.25) is 4.79 Å². The highest BCUT2D eigenvalue weighted by atomic mass is 16.5. The molecule has 0 spiro atoms. The van der Waals surface area contributed by atoms with Crippen molar-refractivity contribution in [3.63, 3.8) is 0 Å². The lowest BCUT2D eigenvalue weighted by molar-refractivity contribution is -0.142. The molecular formula is C22H26N2O2. The lowest BCUT2D eigenvalue weighted by Gasteiger charge is -2.39. The molecule has 4 heteroatoms. The second-order valence-corrected chi connectivity index (χ2v) is 7.25. The number of fused-ring (bicyclic) bond motifs is 1. The van der Waals surface area contributed by atoms with Crippen molar-refractivity contribution < 1.29 is 9.53 Å². The first-order valence-electron chi connectivity index (χ1n) is 9.43. The molecule has 3 atom stereocenters. The van der Waals surface area contributed by atoms with Crippen molar-refractivity contribution in [2.45, 2.75) is 25.0 Å². The van der Waals surface area contributed by atoms with E-state index in [0.29, 0.717) is 13.1 Å². The number of hydrogen-bond donors (Lipinski definition) is 1. The molecule has 4 rings (SSSR count). The molecule has 0 aromatic heterocycles. The number of benzene rings is 2. The van der Waals surface area contributed by atoms with E-state index in [-0.39, 0.29) is 23.8 Å². The normalized spacial score (nSPS) is 25.6. The van der Waals surface area contributed by atoms with Crippen LogP contribution in [0.15, 0.2) is 54.6 Å². The molecule has 1 saturated heterocycles. The van der Waals surface area contributed by atoms with Crippen LogP contribution in [0.1, 0.15) is 29.0 Å². The average molecular weight is 350 g/mol. The maximum absolute atomic E-state index is 13.3. The fraction of sp³-hybridized carbons (Fsp3) is 0.409. The SMILES string of the molecule is COC1CCNCC1C(=O)N1Cc2ccccc2C(c2ccccc2)C1. The van der Waals surface area contributed by atoms with Crippen molar-refractivity contribution in [1.82, 2.24) is 10.2 Å². The second kappa shape index (κ2) is 7.60. The van der Waals surface area contributed by atoms with Gasteiger partial charge >= 0.3 is 0 Å². The predicted molar refractivity (Wildman–Crippen MR) is 102 cm³/mol. The van der Waals surface area contributed by atoms with E-state index in [2.05, 4.69) is 53.8 Å². The predicted octanol–water partition coefficient (Wildman–Crippen LogP) is 2.79. The first-order chi connectivity index (χ1) is 12.8. The monoisotopic (exact) mass is 350 g/mol. The molecule has 3 unspecified atom stereocenters. The quantitative estimate of drug-likeness (QED) is 0.925. The van der Waals surface area contributed by atoms with Crippen LogP contribution in [0, 0.1) is 5.92 Å². The van der Waals surface area contributed by atoms with Gasteiger partial charge in [0.2, 0.25) is 5.91 Å². The van der Waals surface area contributed by atoms with Crippen LogP contribution >= 0.6 is 0 Å². The summed E-state index contributed by atoms with van der Waals surface area (Å²) in [5.41, 5.74) is 3.86. The summed E-state index contributed by atoms with van der Waals surface area (Å²) >= 11 is 0. The van der Waals surface area contributed by atoms with Crippen LogP contribution < -0.4 is 5.32 Å². The summed E-state index contributed by atoms with van der Waals surface area (Å²) in [6, 6.07) is 19.0. The summed E-state index contributed by atoms with van der Waals surface area (Å²) in [6.45, 7) is 3.03. The smallest absolute Gasteiger partial charge is 0.229 e. The highest BCUT2D eigenvalue weighted by molar-refractivity contribution is 5.80. The number of ether oxygens (including phenoxy) is 1. The van der Waals surface area contributed by atoms with E-state index >= 15 is 0 Å². The Morgan fingerprint density at radius 3 is 2.69 bits per heavy atom. The van der Waals surface area contributed by atoms with Crippen molar-refractivity contribution in [1.29, 1.82) is 0 Å². The summed E-state index contributed by atoms with van der Waals surface area (Å²) in [4.78, 5) is 15.3. The van der Waals surface area contributed by atoms with Crippen LogP contribution in [0.2, 0.25) is 0 Å². The molecule has 26 heavy (non-hydrogen) atoms. The molecule has 136 valence electrons. The van der Waals surface area contributed by atoms with Crippen LogP contribution in [0.4, 0.5) is 0 Å². The Labute approximate surface area is 155 Å². The summed E-state index contributed by atoms with van der Waals surface area (Å²) in [6.07, 6.45) is 0.899. The zero-order chi connectivity index (χ0) is 17.9. The molecule has 0 bridgehead atoms. The van der Waals surface area contributed by atoms with E-state index in [1.54, 1.807) is 7.11 Å². The zero-order valence-electron chi connectivity index (χ0n) is 15.2. The van der Waals surface area contributed by atoms with Crippen molar-refractivity contribution in [2.24, 2.45) is 5.92 Å². The highest BCUT2D eigenvalue weighted by Crippen LogP contribution is 2.34. The second-order valence-electron chi connectivity index (χ2n) is 7.25. The van der Waals surface area contributed by atoms with Crippen molar-refractivity contribution in [3.8, 4) is 0 Å². The molecular weight excluding hydrogens is 324 g/mol. The third-order valence-electron chi connectivity index (χ3n) is 5.75. The maximum Gasteiger partial charge on any atom is 0.229 e. The Kier molecular flexibility index (Phi) is 5.05. The summed E-state index contributed by atoms with van der Waals surface area (Å²) in [5, 5.41) is 3.35. The van der Waals surface area contributed by atoms with Crippen LogP contribution in [0.3, 0.4) is 0 Å². The first-order valence-corrected chi connectivity index (χ1v) is 9.43. The van der Waals surface area contributed by atoms with E-state index in [0.717, 1.165) is 19.5 Å².